The monoisotopic (exact) mass is 378 g/mol. The molecule has 6 heteroatoms. The summed E-state index contributed by atoms with van der Waals surface area (Å²) in [5.74, 6) is 0. The Bertz CT molecular complexity index is 730. The minimum atomic E-state index is -0.0395. The lowest BCUT2D eigenvalue weighted by Crippen LogP contribution is -2.65. The first-order valence-electron chi connectivity index (χ1n) is 8.74. The third-order valence-corrected chi connectivity index (χ3v) is 6.15. The highest BCUT2D eigenvalue weighted by Gasteiger charge is 2.47. The van der Waals surface area contributed by atoms with E-state index in [0.717, 1.165) is 54.8 Å². The van der Waals surface area contributed by atoms with E-state index in [1.165, 1.54) is 5.56 Å². The Kier molecular flexibility index (Phi) is 5.11. The number of hydrogen-bond acceptors (Lipinski definition) is 5. The van der Waals surface area contributed by atoms with Crippen LogP contribution in [0.1, 0.15) is 29.1 Å². The minimum absolute atomic E-state index is 0.0395. The number of likely N-dealkylation sites (tertiary alicyclic amines) is 1. The van der Waals surface area contributed by atoms with Gasteiger partial charge >= 0.3 is 0 Å². The van der Waals surface area contributed by atoms with E-state index in [4.69, 9.17) is 21.1 Å². The van der Waals surface area contributed by atoms with Crippen molar-refractivity contribution < 1.29 is 9.47 Å². The van der Waals surface area contributed by atoms with E-state index in [1.807, 2.05) is 25.1 Å². The Hall–Kier alpha value is -0.980. The van der Waals surface area contributed by atoms with Crippen molar-refractivity contribution in [2.24, 2.45) is 0 Å². The molecule has 0 N–H and O–H groups in total. The third-order valence-electron chi connectivity index (χ3n) is 4.96. The summed E-state index contributed by atoms with van der Waals surface area (Å²) < 4.78 is 12.2. The van der Waals surface area contributed by atoms with Crippen LogP contribution in [0.5, 0.6) is 0 Å². The fourth-order valence-electron chi connectivity index (χ4n) is 3.77. The summed E-state index contributed by atoms with van der Waals surface area (Å²) >= 11 is 7.94. The number of thiazole rings is 1. The van der Waals surface area contributed by atoms with Crippen LogP contribution >= 0.6 is 22.9 Å². The van der Waals surface area contributed by atoms with Gasteiger partial charge in [-0.1, -0.05) is 29.8 Å². The van der Waals surface area contributed by atoms with E-state index in [2.05, 4.69) is 21.3 Å². The van der Waals surface area contributed by atoms with E-state index >= 15 is 0 Å². The number of rotatable bonds is 5. The van der Waals surface area contributed by atoms with Gasteiger partial charge in [-0.2, -0.15) is 0 Å². The molecule has 0 aliphatic carbocycles. The van der Waals surface area contributed by atoms with Crippen molar-refractivity contribution in [1.29, 1.82) is 0 Å². The molecule has 0 amide bonds. The maximum absolute atomic E-state index is 6.27. The molecule has 1 spiro atoms. The SMILES string of the molecule is Cc1nc(CO[C@@H]2CCOC3(C2)CN(Cc2ccccc2Cl)C3)cs1. The fraction of sp³-hybridized carbons (Fsp3) is 0.526. The lowest BCUT2D eigenvalue weighted by atomic mass is 9.84. The number of benzene rings is 1. The Morgan fingerprint density at radius 2 is 2.24 bits per heavy atom. The van der Waals surface area contributed by atoms with Gasteiger partial charge in [-0.15, -0.1) is 11.3 Å². The second-order valence-corrected chi connectivity index (χ2v) is 8.52. The van der Waals surface area contributed by atoms with Crippen LogP contribution in [0.3, 0.4) is 0 Å². The average molecular weight is 379 g/mol. The largest absolute Gasteiger partial charge is 0.372 e. The second-order valence-electron chi connectivity index (χ2n) is 7.05. The van der Waals surface area contributed by atoms with Gasteiger partial charge in [-0.25, -0.2) is 4.98 Å². The van der Waals surface area contributed by atoms with Crippen LogP contribution < -0.4 is 0 Å². The van der Waals surface area contributed by atoms with Gasteiger partial charge < -0.3 is 9.47 Å². The topological polar surface area (TPSA) is 34.6 Å². The zero-order valence-electron chi connectivity index (χ0n) is 14.4. The molecule has 2 saturated heterocycles. The van der Waals surface area contributed by atoms with Crippen LogP contribution in [0.2, 0.25) is 5.02 Å². The van der Waals surface area contributed by atoms with Gasteiger partial charge in [-0.3, -0.25) is 4.90 Å². The van der Waals surface area contributed by atoms with Gasteiger partial charge in [0.15, 0.2) is 0 Å². The van der Waals surface area contributed by atoms with Gasteiger partial charge in [0.2, 0.25) is 0 Å². The molecule has 0 unspecified atom stereocenters. The van der Waals surface area contributed by atoms with Gasteiger partial charge in [0.1, 0.15) is 0 Å². The summed E-state index contributed by atoms with van der Waals surface area (Å²) in [6.07, 6.45) is 2.20. The van der Waals surface area contributed by atoms with E-state index < -0.39 is 0 Å². The van der Waals surface area contributed by atoms with Crippen molar-refractivity contribution in [2.45, 2.75) is 44.6 Å². The molecule has 4 nitrogen and oxygen atoms in total. The van der Waals surface area contributed by atoms with Crippen molar-refractivity contribution in [1.82, 2.24) is 9.88 Å². The first-order chi connectivity index (χ1) is 12.1. The van der Waals surface area contributed by atoms with Crippen molar-refractivity contribution in [3.05, 3.63) is 50.9 Å². The number of nitrogens with zero attached hydrogens (tertiary/aromatic N) is 2. The third kappa shape index (κ3) is 4.07. The van der Waals surface area contributed by atoms with Gasteiger partial charge in [0.05, 0.1) is 29.0 Å². The maximum atomic E-state index is 6.27. The normalized spacial score (nSPS) is 22.9. The highest BCUT2D eigenvalue weighted by Crippen LogP contribution is 2.36. The molecule has 3 heterocycles. The zero-order valence-corrected chi connectivity index (χ0v) is 16.0. The van der Waals surface area contributed by atoms with E-state index in [0.29, 0.717) is 6.61 Å². The highest BCUT2D eigenvalue weighted by atomic mass is 35.5. The molecule has 134 valence electrons. The summed E-state index contributed by atoms with van der Waals surface area (Å²) in [6.45, 7) is 6.20. The van der Waals surface area contributed by atoms with Crippen molar-refractivity contribution in [2.75, 3.05) is 19.7 Å². The molecule has 2 aliphatic heterocycles. The molecular formula is C19H23ClN2O2S. The van der Waals surface area contributed by atoms with Crippen LogP contribution in [-0.2, 0) is 22.6 Å². The average Bonchev–Trinajstić information content (AvgIpc) is 2.99. The molecule has 4 rings (SSSR count). The Morgan fingerprint density at radius 3 is 3.00 bits per heavy atom. The Morgan fingerprint density at radius 1 is 1.40 bits per heavy atom. The van der Waals surface area contributed by atoms with Crippen LogP contribution in [0.25, 0.3) is 0 Å². The molecule has 25 heavy (non-hydrogen) atoms. The van der Waals surface area contributed by atoms with Gasteiger partial charge in [0.25, 0.3) is 0 Å². The predicted molar refractivity (Wildman–Crippen MR) is 100 cm³/mol. The van der Waals surface area contributed by atoms with Crippen LogP contribution in [0.4, 0.5) is 0 Å². The number of aryl methyl sites for hydroxylation is 1. The summed E-state index contributed by atoms with van der Waals surface area (Å²) in [5.41, 5.74) is 2.18. The molecule has 2 aliphatic rings. The molecule has 1 aromatic heterocycles. The predicted octanol–water partition coefficient (Wildman–Crippen LogP) is 4.06. The molecule has 0 radical (unpaired) electrons. The van der Waals surface area contributed by atoms with E-state index in [1.54, 1.807) is 11.3 Å². The smallest absolute Gasteiger partial charge is 0.0959 e. The quantitative estimate of drug-likeness (QED) is 0.786. The number of aromatic nitrogens is 1. The second kappa shape index (κ2) is 7.33. The van der Waals surface area contributed by atoms with E-state index in [-0.39, 0.29) is 11.7 Å². The summed E-state index contributed by atoms with van der Waals surface area (Å²) in [6, 6.07) is 8.06. The summed E-state index contributed by atoms with van der Waals surface area (Å²) in [4.78, 5) is 6.87. The van der Waals surface area contributed by atoms with Crippen LogP contribution in [-0.4, -0.2) is 41.3 Å². The van der Waals surface area contributed by atoms with Crippen LogP contribution in [0.15, 0.2) is 29.6 Å². The van der Waals surface area contributed by atoms with Crippen molar-refractivity contribution >= 4 is 22.9 Å². The minimum Gasteiger partial charge on any atom is -0.372 e. The number of hydrogen-bond donors (Lipinski definition) is 0. The molecule has 1 aromatic carbocycles. The van der Waals surface area contributed by atoms with Crippen molar-refractivity contribution in [3.63, 3.8) is 0 Å². The summed E-state index contributed by atoms with van der Waals surface area (Å²) in [5, 5.41) is 4.02. The first-order valence-corrected chi connectivity index (χ1v) is 10.00. The number of ether oxygens (including phenoxy) is 2. The molecule has 1 atom stereocenters. The lowest BCUT2D eigenvalue weighted by Gasteiger charge is -2.53. The zero-order chi connectivity index (χ0) is 17.3. The Balaban J connectivity index is 1.28. The number of halogens is 1. The molecule has 0 bridgehead atoms. The summed E-state index contributed by atoms with van der Waals surface area (Å²) in [7, 11) is 0. The molecular weight excluding hydrogens is 356 g/mol. The van der Waals surface area contributed by atoms with Gasteiger partial charge in [0, 0.05) is 43.1 Å². The van der Waals surface area contributed by atoms with Crippen LogP contribution in [0, 0.1) is 6.92 Å². The maximum Gasteiger partial charge on any atom is 0.0959 e. The highest BCUT2D eigenvalue weighted by molar-refractivity contribution is 7.09. The lowest BCUT2D eigenvalue weighted by molar-refractivity contribution is -0.200. The standard InChI is InChI=1S/C19H23ClN2O2S/c1-14-21-16(11-25-14)10-23-17-6-7-24-19(8-17)12-22(13-19)9-15-4-2-3-5-18(15)20/h2-5,11,17H,6-10,12-13H2,1H3/t17-/m1/s1. The van der Waals surface area contributed by atoms with Crippen molar-refractivity contribution in [3.8, 4) is 0 Å². The molecule has 2 fully saturated rings. The Labute approximate surface area is 157 Å². The molecule has 0 saturated carbocycles. The first kappa shape index (κ1) is 17.4. The molecule has 2 aromatic rings. The fourth-order valence-corrected chi connectivity index (χ4v) is 4.56. The van der Waals surface area contributed by atoms with E-state index in [9.17, 15) is 0 Å². The van der Waals surface area contributed by atoms with Gasteiger partial charge in [-0.05, 0) is 25.0 Å².